The van der Waals surface area contributed by atoms with E-state index in [9.17, 15) is 0 Å². The Balaban J connectivity index is 1.90. The molecule has 5 heteroatoms. The highest BCUT2D eigenvalue weighted by Gasteiger charge is 2.32. The molecule has 2 aromatic heterocycles. The minimum atomic E-state index is 0.287. The summed E-state index contributed by atoms with van der Waals surface area (Å²) in [6.45, 7) is 3.66. The van der Waals surface area contributed by atoms with Crippen LogP contribution >= 0.6 is 0 Å². The molecule has 0 amide bonds. The van der Waals surface area contributed by atoms with Crippen molar-refractivity contribution in [1.29, 1.82) is 0 Å². The Labute approximate surface area is 99.3 Å². The topological polar surface area (TPSA) is 63.8 Å². The summed E-state index contributed by atoms with van der Waals surface area (Å²) in [5.74, 6) is 2.11. The van der Waals surface area contributed by atoms with Crippen LogP contribution in [0.1, 0.15) is 29.1 Å². The van der Waals surface area contributed by atoms with E-state index in [1.54, 1.807) is 0 Å². The molecular weight excluding hydrogens is 216 g/mol. The van der Waals surface area contributed by atoms with Gasteiger partial charge in [0.15, 0.2) is 5.82 Å². The summed E-state index contributed by atoms with van der Waals surface area (Å²) in [5.41, 5.74) is 1.28. The second-order valence-electron chi connectivity index (χ2n) is 4.32. The highest BCUT2D eigenvalue weighted by molar-refractivity contribution is 5.23. The van der Waals surface area contributed by atoms with E-state index in [1.165, 1.54) is 5.56 Å². The van der Waals surface area contributed by atoms with Crippen molar-refractivity contribution >= 4 is 0 Å². The van der Waals surface area contributed by atoms with Gasteiger partial charge in [-0.2, -0.15) is 4.98 Å². The molecule has 5 nitrogen and oxygen atoms in total. The molecule has 0 radical (unpaired) electrons. The third kappa shape index (κ3) is 1.93. The van der Waals surface area contributed by atoms with Gasteiger partial charge in [0.05, 0.1) is 0 Å². The van der Waals surface area contributed by atoms with Gasteiger partial charge in [-0.05, 0) is 17.7 Å². The molecule has 0 spiro atoms. The number of nitrogens with zero attached hydrogens (tertiary/aromatic N) is 3. The molecule has 1 aliphatic heterocycles. The second-order valence-corrected chi connectivity index (χ2v) is 4.32. The Morgan fingerprint density at radius 2 is 2.00 bits per heavy atom. The second kappa shape index (κ2) is 4.25. The Morgan fingerprint density at radius 3 is 2.71 bits per heavy atom. The summed E-state index contributed by atoms with van der Waals surface area (Å²) in [5, 5.41) is 7.42. The molecule has 1 fully saturated rings. The largest absolute Gasteiger partial charge is 0.340 e. The molecule has 3 rings (SSSR count). The van der Waals surface area contributed by atoms with Crippen molar-refractivity contribution < 1.29 is 4.52 Å². The van der Waals surface area contributed by atoms with E-state index in [2.05, 4.69) is 32.6 Å². The van der Waals surface area contributed by atoms with Gasteiger partial charge < -0.3 is 9.84 Å². The number of hydrogen-bond acceptors (Lipinski definition) is 5. The van der Waals surface area contributed by atoms with E-state index in [4.69, 9.17) is 4.52 Å². The van der Waals surface area contributed by atoms with Crippen molar-refractivity contribution in [2.24, 2.45) is 0 Å². The van der Waals surface area contributed by atoms with Crippen LogP contribution in [0.15, 0.2) is 29.0 Å². The van der Waals surface area contributed by atoms with Gasteiger partial charge in [0.25, 0.3) is 0 Å². The molecule has 1 aliphatic rings. The fraction of sp³-hybridized carbons (Fsp3) is 0.417. The zero-order valence-electron chi connectivity index (χ0n) is 9.63. The van der Waals surface area contributed by atoms with E-state index in [1.807, 2.05) is 19.3 Å². The maximum absolute atomic E-state index is 5.06. The minimum absolute atomic E-state index is 0.287. The molecule has 2 atom stereocenters. The number of aryl methyl sites for hydroxylation is 1. The van der Waals surface area contributed by atoms with Crippen LogP contribution in [0.4, 0.5) is 0 Å². The van der Waals surface area contributed by atoms with Gasteiger partial charge in [-0.3, -0.25) is 4.98 Å². The van der Waals surface area contributed by atoms with Crippen molar-refractivity contribution in [2.45, 2.75) is 18.8 Å². The van der Waals surface area contributed by atoms with Gasteiger partial charge in [-0.25, -0.2) is 0 Å². The van der Waals surface area contributed by atoms with Crippen LogP contribution in [0.3, 0.4) is 0 Å². The van der Waals surface area contributed by atoms with E-state index in [0.717, 1.165) is 18.9 Å². The average Bonchev–Trinajstić information content (AvgIpc) is 2.98. The van der Waals surface area contributed by atoms with Gasteiger partial charge >= 0.3 is 0 Å². The zero-order chi connectivity index (χ0) is 11.7. The fourth-order valence-electron chi connectivity index (χ4n) is 2.38. The number of rotatable bonds is 2. The van der Waals surface area contributed by atoms with Gasteiger partial charge in [0.2, 0.25) is 5.89 Å². The van der Waals surface area contributed by atoms with E-state index in [0.29, 0.717) is 11.8 Å². The van der Waals surface area contributed by atoms with Crippen molar-refractivity contribution in [3.05, 3.63) is 41.8 Å². The molecule has 0 aromatic carbocycles. The maximum Gasteiger partial charge on any atom is 0.223 e. The molecule has 0 unspecified atom stereocenters. The Kier molecular flexibility index (Phi) is 2.60. The maximum atomic E-state index is 5.06. The van der Waals surface area contributed by atoms with Crippen LogP contribution in [0.25, 0.3) is 0 Å². The standard InChI is InChI=1S/C12H14N4O/c1-8-15-12(16-17-8)11-7-14-6-10(11)9-2-4-13-5-3-9/h2-5,10-11,14H,6-7H2,1H3/t10-,11-/m1/s1. The predicted molar refractivity (Wildman–Crippen MR) is 61.6 cm³/mol. The molecule has 0 saturated carbocycles. The highest BCUT2D eigenvalue weighted by atomic mass is 16.5. The first-order valence-corrected chi connectivity index (χ1v) is 5.75. The molecule has 0 aliphatic carbocycles. The van der Waals surface area contributed by atoms with Crippen LogP contribution in [0.2, 0.25) is 0 Å². The lowest BCUT2D eigenvalue weighted by molar-refractivity contribution is 0.382. The number of hydrogen-bond donors (Lipinski definition) is 1. The summed E-state index contributed by atoms with van der Waals surface area (Å²) in [4.78, 5) is 8.38. The van der Waals surface area contributed by atoms with Crippen LogP contribution in [-0.2, 0) is 0 Å². The lowest BCUT2D eigenvalue weighted by Crippen LogP contribution is -2.10. The lowest BCUT2D eigenvalue weighted by Gasteiger charge is -2.15. The third-order valence-corrected chi connectivity index (χ3v) is 3.22. The number of pyridine rings is 1. The molecule has 88 valence electrons. The van der Waals surface area contributed by atoms with Crippen LogP contribution in [0.5, 0.6) is 0 Å². The smallest absolute Gasteiger partial charge is 0.223 e. The van der Waals surface area contributed by atoms with Crippen LogP contribution in [-0.4, -0.2) is 28.2 Å². The quantitative estimate of drug-likeness (QED) is 0.841. The van der Waals surface area contributed by atoms with Crippen LogP contribution in [0, 0.1) is 6.92 Å². The Bertz CT molecular complexity index is 496. The van der Waals surface area contributed by atoms with Gasteiger partial charge in [-0.15, -0.1) is 0 Å². The first-order chi connectivity index (χ1) is 8.34. The van der Waals surface area contributed by atoms with Crippen molar-refractivity contribution in [3.63, 3.8) is 0 Å². The molecule has 3 heterocycles. The first-order valence-electron chi connectivity index (χ1n) is 5.75. The van der Waals surface area contributed by atoms with E-state index >= 15 is 0 Å². The molecule has 2 aromatic rings. The summed E-state index contributed by atoms with van der Waals surface area (Å²) in [7, 11) is 0. The lowest BCUT2D eigenvalue weighted by atomic mass is 9.89. The van der Waals surface area contributed by atoms with Gasteiger partial charge in [0, 0.05) is 44.2 Å². The molecule has 1 N–H and O–H groups in total. The highest BCUT2D eigenvalue weighted by Crippen LogP contribution is 2.33. The normalized spacial score (nSPS) is 24.1. The van der Waals surface area contributed by atoms with Gasteiger partial charge in [-0.1, -0.05) is 5.16 Å². The molecule has 1 saturated heterocycles. The van der Waals surface area contributed by atoms with Crippen molar-refractivity contribution in [3.8, 4) is 0 Å². The fourth-order valence-corrected chi connectivity index (χ4v) is 2.38. The zero-order valence-corrected chi connectivity index (χ0v) is 9.63. The third-order valence-electron chi connectivity index (χ3n) is 3.22. The summed E-state index contributed by atoms with van der Waals surface area (Å²) in [6.07, 6.45) is 3.65. The molecule has 17 heavy (non-hydrogen) atoms. The van der Waals surface area contributed by atoms with Crippen molar-refractivity contribution in [2.75, 3.05) is 13.1 Å². The Morgan fingerprint density at radius 1 is 1.24 bits per heavy atom. The summed E-state index contributed by atoms with van der Waals surface area (Å²) >= 11 is 0. The minimum Gasteiger partial charge on any atom is -0.340 e. The number of nitrogens with one attached hydrogen (secondary N) is 1. The van der Waals surface area contributed by atoms with Gasteiger partial charge in [0.1, 0.15) is 0 Å². The van der Waals surface area contributed by atoms with E-state index in [-0.39, 0.29) is 5.92 Å². The van der Waals surface area contributed by atoms with E-state index < -0.39 is 0 Å². The monoisotopic (exact) mass is 230 g/mol. The Hall–Kier alpha value is -1.75. The van der Waals surface area contributed by atoms with Crippen molar-refractivity contribution in [1.82, 2.24) is 20.4 Å². The first kappa shape index (κ1) is 10.4. The molecular formula is C12H14N4O. The average molecular weight is 230 g/mol. The number of aromatic nitrogens is 3. The van der Waals surface area contributed by atoms with Crippen LogP contribution < -0.4 is 5.32 Å². The predicted octanol–water partition coefficient (Wildman–Crippen LogP) is 1.24. The SMILES string of the molecule is Cc1nc([C@@H]2CNC[C@@H]2c2ccncc2)no1. The summed E-state index contributed by atoms with van der Waals surface area (Å²) in [6, 6.07) is 4.11. The molecule has 0 bridgehead atoms. The summed E-state index contributed by atoms with van der Waals surface area (Å²) < 4.78 is 5.06.